The summed E-state index contributed by atoms with van der Waals surface area (Å²) < 4.78 is 25.6. The second-order valence-electron chi connectivity index (χ2n) is 5.31. The summed E-state index contributed by atoms with van der Waals surface area (Å²) in [6.45, 7) is 4.03. The first-order valence-corrected chi connectivity index (χ1v) is 7.53. The molecule has 0 bridgehead atoms. The Morgan fingerprint density at radius 3 is 1.81 bits per heavy atom. The smallest absolute Gasteiger partial charge is 0.303 e. The molecule has 0 unspecified atom stereocenters. The van der Waals surface area contributed by atoms with E-state index in [1.54, 1.807) is 0 Å². The van der Waals surface area contributed by atoms with Gasteiger partial charge in [0.2, 0.25) is 12.3 Å². The Balaban J connectivity index is 3.28. The van der Waals surface area contributed by atoms with Crippen LogP contribution in [0.15, 0.2) is 4.99 Å². The van der Waals surface area contributed by atoms with E-state index >= 15 is 0 Å². The second kappa shape index (κ2) is 9.64. The highest BCUT2D eigenvalue weighted by molar-refractivity contribution is 5.68. The predicted octanol–water partition coefficient (Wildman–Crippen LogP) is -0.595. The van der Waals surface area contributed by atoms with Gasteiger partial charge in [-0.05, 0) is 0 Å². The Bertz CT molecular complexity index is 612. The van der Waals surface area contributed by atoms with Gasteiger partial charge in [0.1, 0.15) is 12.7 Å². The van der Waals surface area contributed by atoms with Gasteiger partial charge in [-0.15, -0.1) is 0 Å². The average Bonchev–Trinajstić information content (AvgIpc) is 2.50. The van der Waals surface area contributed by atoms with Crippen LogP contribution in [0.2, 0.25) is 0 Å². The maximum Gasteiger partial charge on any atom is 0.303 e. The molecule has 1 heterocycles. The molecule has 0 aromatic heterocycles. The molecule has 144 valence electrons. The largest absolute Gasteiger partial charge is 0.463 e. The summed E-state index contributed by atoms with van der Waals surface area (Å²) in [7, 11) is 0. The molecule has 0 aromatic rings. The van der Waals surface area contributed by atoms with E-state index in [0.717, 1.165) is 27.7 Å². The van der Waals surface area contributed by atoms with Crippen LogP contribution in [0.5, 0.6) is 0 Å². The molecule has 0 amide bonds. The minimum atomic E-state index is -1.41. The molecule has 0 aliphatic carbocycles. The van der Waals surface area contributed by atoms with E-state index in [4.69, 9.17) is 23.7 Å². The van der Waals surface area contributed by atoms with Gasteiger partial charge in [-0.2, -0.15) is 4.99 Å². The number of esters is 4. The fourth-order valence-corrected chi connectivity index (χ4v) is 2.36. The van der Waals surface area contributed by atoms with Gasteiger partial charge in [-0.1, -0.05) is 0 Å². The Kier molecular flexibility index (Phi) is 7.88. The number of isocyanates is 1. The van der Waals surface area contributed by atoms with E-state index in [0.29, 0.717) is 0 Å². The van der Waals surface area contributed by atoms with Gasteiger partial charge in [0.05, 0.1) is 0 Å². The lowest BCUT2D eigenvalue weighted by atomic mass is 9.97. The topological polar surface area (TPSA) is 144 Å². The van der Waals surface area contributed by atoms with Gasteiger partial charge < -0.3 is 23.7 Å². The van der Waals surface area contributed by atoms with Crippen molar-refractivity contribution in [1.29, 1.82) is 0 Å². The zero-order valence-electron chi connectivity index (χ0n) is 14.6. The lowest BCUT2D eigenvalue weighted by Gasteiger charge is -2.42. The van der Waals surface area contributed by atoms with Gasteiger partial charge >= 0.3 is 23.9 Å². The minimum Gasteiger partial charge on any atom is -0.463 e. The number of hydrogen-bond acceptors (Lipinski definition) is 11. The van der Waals surface area contributed by atoms with Gasteiger partial charge in [-0.25, -0.2) is 4.79 Å². The molecule has 0 radical (unpaired) electrons. The SMILES string of the molecule is CC(=O)OC[C@@H]1O[C@@H](N=C=O)[C@@H](OC(C)=O)[C@@H](OC(C)=O)[C@@H]1OC(C)=O. The van der Waals surface area contributed by atoms with Crippen molar-refractivity contribution in [2.24, 2.45) is 4.99 Å². The molecule has 1 rings (SSSR count). The first kappa shape index (κ1) is 21.3. The van der Waals surface area contributed by atoms with E-state index in [1.165, 1.54) is 6.08 Å². The Morgan fingerprint density at radius 2 is 1.35 bits per heavy atom. The van der Waals surface area contributed by atoms with Gasteiger partial charge in [0, 0.05) is 27.7 Å². The molecule has 1 aliphatic rings. The molecule has 0 spiro atoms. The number of carbonyl (C=O) groups excluding carboxylic acids is 5. The van der Waals surface area contributed by atoms with Crippen molar-refractivity contribution >= 4 is 30.0 Å². The number of aliphatic imine (C=N–C) groups is 1. The van der Waals surface area contributed by atoms with Gasteiger partial charge in [0.15, 0.2) is 18.3 Å². The second-order valence-corrected chi connectivity index (χ2v) is 5.31. The quantitative estimate of drug-likeness (QED) is 0.256. The molecule has 11 nitrogen and oxygen atoms in total. The molecule has 0 aromatic carbocycles. The molecular weight excluding hydrogens is 354 g/mol. The molecule has 26 heavy (non-hydrogen) atoms. The normalized spacial score (nSPS) is 27.5. The van der Waals surface area contributed by atoms with Crippen LogP contribution < -0.4 is 0 Å². The predicted molar refractivity (Wildman–Crippen MR) is 80.1 cm³/mol. The lowest BCUT2D eigenvalue weighted by Crippen LogP contribution is -2.61. The van der Waals surface area contributed by atoms with Crippen LogP contribution in [0.25, 0.3) is 0 Å². The monoisotopic (exact) mass is 373 g/mol. The van der Waals surface area contributed by atoms with E-state index in [9.17, 15) is 24.0 Å². The molecule has 1 fully saturated rings. The summed E-state index contributed by atoms with van der Waals surface area (Å²) in [6.07, 6.45) is -5.30. The highest BCUT2D eigenvalue weighted by atomic mass is 16.7. The van der Waals surface area contributed by atoms with Crippen LogP contribution in [0.4, 0.5) is 0 Å². The Morgan fingerprint density at radius 1 is 0.846 bits per heavy atom. The van der Waals surface area contributed by atoms with Crippen LogP contribution in [0.3, 0.4) is 0 Å². The van der Waals surface area contributed by atoms with Crippen LogP contribution in [0, 0.1) is 0 Å². The van der Waals surface area contributed by atoms with Gasteiger partial charge in [-0.3, -0.25) is 19.2 Å². The standard InChI is InChI=1S/C15H19NO10/c1-7(18)22-5-11-12(23-8(2)19)13(24-9(3)20)14(25-10(4)21)15(26-11)16-6-17/h11-15H,5H2,1-4H3/t11-,12+,13-,14-,15+/m0/s1. The summed E-state index contributed by atoms with van der Waals surface area (Å²) >= 11 is 0. The number of rotatable bonds is 6. The van der Waals surface area contributed by atoms with Gasteiger partial charge in [0.25, 0.3) is 0 Å². The minimum absolute atomic E-state index is 0.386. The van der Waals surface area contributed by atoms with Crippen molar-refractivity contribution in [1.82, 2.24) is 0 Å². The third kappa shape index (κ3) is 6.26. The van der Waals surface area contributed by atoms with Crippen molar-refractivity contribution in [3.63, 3.8) is 0 Å². The number of nitrogens with zero attached hydrogens (tertiary/aromatic N) is 1. The van der Waals surface area contributed by atoms with E-state index in [-0.39, 0.29) is 6.61 Å². The van der Waals surface area contributed by atoms with Crippen molar-refractivity contribution < 1.29 is 47.7 Å². The third-order valence-corrected chi connectivity index (χ3v) is 3.15. The van der Waals surface area contributed by atoms with Crippen molar-refractivity contribution in [3.8, 4) is 0 Å². The Hall–Kier alpha value is -2.78. The van der Waals surface area contributed by atoms with E-state index in [1.807, 2.05) is 0 Å². The van der Waals surface area contributed by atoms with Crippen LogP contribution >= 0.6 is 0 Å². The summed E-state index contributed by atoms with van der Waals surface area (Å²) in [5.74, 6) is -2.94. The lowest BCUT2D eigenvalue weighted by molar-refractivity contribution is -0.250. The average molecular weight is 373 g/mol. The Labute approximate surface area is 148 Å². The van der Waals surface area contributed by atoms with E-state index < -0.39 is 54.5 Å². The third-order valence-electron chi connectivity index (χ3n) is 3.15. The zero-order valence-corrected chi connectivity index (χ0v) is 14.6. The molecule has 1 saturated heterocycles. The van der Waals surface area contributed by atoms with Crippen LogP contribution in [0.1, 0.15) is 27.7 Å². The number of hydrogen-bond donors (Lipinski definition) is 0. The summed E-state index contributed by atoms with van der Waals surface area (Å²) in [5, 5.41) is 0. The zero-order chi connectivity index (χ0) is 19.9. The number of ether oxygens (including phenoxy) is 5. The molecular formula is C15H19NO10. The highest BCUT2D eigenvalue weighted by Crippen LogP contribution is 2.29. The van der Waals surface area contributed by atoms with E-state index in [2.05, 4.69) is 4.99 Å². The molecule has 0 saturated carbocycles. The summed E-state index contributed by atoms with van der Waals surface area (Å²) in [5.41, 5.74) is 0. The maximum atomic E-state index is 11.5. The molecule has 5 atom stereocenters. The summed E-state index contributed by atoms with van der Waals surface area (Å²) in [4.78, 5) is 59.4. The van der Waals surface area contributed by atoms with Crippen LogP contribution in [-0.4, -0.2) is 67.2 Å². The fraction of sp³-hybridized carbons (Fsp3) is 0.667. The summed E-state index contributed by atoms with van der Waals surface area (Å²) in [6, 6.07) is 0. The van der Waals surface area contributed by atoms with Crippen LogP contribution in [-0.2, 0) is 47.7 Å². The van der Waals surface area contributed by atoms with Crippen molar-refractivity contribution in [2.45, 2.75) is 58.3 Å². The van der Waals surface area contributed by atoms with Crippen molar-refractivity contribution in [2.75, 3.05) is 6.61 Å². The molecule has 0 N–H and O–H groups in total. The first-order valence-electron chi connectivity index (χ1n) is 7.53. The first-order chi connectivity index (χ1) is 12.1. The molecule has 11 heteroatoms. The fourth-order valence-electron chi connectivity index (χ4n) is 2.36. The highest BCUT2D eigenvalue weighted by Gasteiger charge is 2.52. The van der Waals surface area contributed by atoms with Crippen molar-refractivity contribution in [3.05, 3.63) is 0 Å². The maximum absolute atomic E-state index is 11.5. The number of carbonyl (C=O) groups is 4. The molecule has 1 aliphatic heterocycles.